The zero-order valence-electron chi connectivity index (χ0n) is 17.1. The molecule has 1 atom stereocenters. The first kappa shape index (κ1) is 23.6. The van der Waals surface area contributed by atoms with Crippen molar-refractivity contribution in [2.75, 3.05) is 11.9 Å². The van der Waals surface area contributed by atoms with Crippen LogP contribution in [0, 0.1) is 11.6 Å². The first-order valence-electron chi connectivity index (χ1n) is 9.82. The minimum absolute atomic E-state index is 0.181. The van der Waals surface area contributed by atoms with Crippen LogP contribution in [0.3, 0.4) is 0 Å². The number of halogens is 5. The maximum atomic E-state index is 13.5. The van der Waals surface area contributed by atoms with Crippen molar-refractivity contribution in [3.63, 3.8) is 0 Å². The lowest BCUT2D eigenvalue weighted by molar-refractivity contribution is -0.250. The fraction of sp³-hybridized carbons (Fsp3) is 0.364. The topological polar surface area (TPSA) is 69.6 Å². The number of carbonyl (C=O) groups excluding carboxylic acids is 2. The quantitative estimate of drug-likeness (QED) is 0.651. The third-order valence-electron chi connectivity index (χ3n) is 5.27. The van der Waals surface area contributed by atoms with Crippen LogP contribution >= 0.6 is 0 Å². The Labute approximate surface area is 180 Å². The normalized spacial score (nSPS) is 15.1. The minimum atomic E-state index is -5.33. The summed E-state index contributed by atoms with van der Waals surface area (Å²) in [6, 6.07) is 7.43. The van der Waals surface area contributed by atoms with E-state index in [1.807, 2.05) is 6.07 Å². The largest absolute Gasteiger partial charge is 0.426 e. The second kappa shape index (κ2) is 8.85. The van der Waals surface area contributed by atoms with Gasteiger partial charge in [-0.15, -0.1) is 0 Å². The molecule has 0 unspecified atom stereocenters. The van der Waals surface area contributed by atoms with Crippen LogP contribution in [0.2, 0.25) is 0 Å². The SMILES string of the molecule is C[C@@](O)(C(=O)N(CC(=O)Nc1ccc2c(c1)CCC2)Cc1cc(F)cc(F)c1)C(F)(F)F. The number of alkyl halides is 3. The van der Waals surface area contributed by atoms with E-state index in [9.17, 15) is 36.6 Å². The second-order valence-electron chi connectivity index (χ2n) is 7.89. The van der Waals surface area contributed by atoms with E-state index in [2.05, 4.69) is 5.32 Å². The molecule has 10 heteroatoms. The number of nitrogens with zero attached hydrogens (tertiary/aromatic N) is 1. The number of aryl methyl sites for hydroxylation is 2. The van der Waals surface area contributed by atoms with Crippen LogP contribution in [0.4, 0.5) is 27.6 Å². The van der Waals surface area contributed by atoms with Gasteiger partial charge in [0.1, 0.15) is 18.2 Å². The van der Waals surface area contributed by atoms with Crippen LogP contribution in [-0.4, -0.2) is 40.1 Å². The number of fused-ring (bicyclic) bond motifs is 1. The molecule has 32 heavy (non-hydrogen) atoms. The Kier molecular flexibility index (Phi) is 6.54. The summed E-state index contributed by atoms with van der Waals surface area (Å²) in [6.07, 6.45) is -2.59. The van der Waals surface area contributed by atoms with E-state index in [4.69, 9.17) is 0 Å². The molecule has 172 valence electrons. The van der Waals surface area contributed by atoms with Crippen molar-refractivity contribution in [1.82, 2.24) is 4.90 Å². The van der Waals surface area contributed by atoms with Gasteiger partial charge in [-0.2, -0.15) is 13.2 Å². The highest BCUT2D eigenvalue weighted by Crippen LogP contribution is 2.32. The van der Waals surface area contributed by atoms with Gasteiger partial charge in [-0.05, 0) is 67.1 Å². The molecule has 0 radical (unpaired) electrons. The van der Waals surface area contributed by atoms with Gasteiger partial charge in [0.15, 0.2) is 0 Å². The van der Waals surface area contributed by atoms with Crippen LogP contribution in [0.25, 0.3) is 0 Å². The molecule has 0 saturated heterocycles. The number of nitrogens with one attached hydrogen (secondary N) is 1. The molecule has 5 nitrogen and oxygen atoms in total. The van der Waals surface area contributed by atoms with E-state index in [1.165, 1.54) is 0 Å². The molecule has 0 spiro atoms. The Balaban J connectivity index is 1.82. The summed E-state index contributed by atoms with van der Waals surface area (Å²) in [7, 11) is 0. The van der Waals surface area contributed by atoms with Gasteiger partial charge < -0.3 is 15.3 Å². The lowest BCUT2D eigenvalue weighted by atomic mass is 10.0. The van der Waals surface area contributed by atoms with Gasteiger partial charge in [-0.1, -0.05) is 6.07 Å². The molecule has 0 aromatic heterocycles. The molecule has 3 rings (SSSR count). The van der Waals surface area contributed by atoms with Crippen molar-refractivity contribution in [1.29, 1.82) is 0 Å². The highest BCUT2D eigenvalue weighted by Gasteiger charge is 2.57. The lowest BCUT2D eigenvalue weighted by Gasteiger charge is -2.32. The fourth-order valence-corrected chi connectivity index (χ4v) is 3.57. The van der Waals surface area contributed by atoms with Crippen molar-refractivity contribution in [2.45, 2.75) is 44.5 Å². The summed E-state index contributed by atoms with van der Waals surface area (Å²) in [4.78, 5) is 25.4. The van der Waals surface area contributed by atoms with E-state index in [1.54, 1.807) is 12.1 Å². The van der Waals surface area contributed by atoms with Crippen molar-refractivity contribution in [2.24, 2.45) is 0 Å². The molecular formula is C22H21F5N2O3. The van der Waals surface area contributed by atoms with Gasteiger partial charge in [-0.3, -0.25) is 9.59 Å². The third-order valence-corrected chi connectivity index (χ3v) is 5.27. The molecule has 0 aliphatic heterocycles. The summed E-state index contributed by atoms with van der Waals surface area (Å²) < 4.78 is 66.6. The summed E-state index contributed by atoms with van der Waals surface area (Å²) >= 11 is 0. The van der Waals surface area contributed by atoms with Crippen LogP contribution in [-0.2, 0) is 29.0 Å². The maximum absolute atomic E-state index is 13.5. The lowest BCUT2D eigenvalue weighted by Crippen LogP contribution is -2.57. The van der Waals surface area contributed by atoms with Gasteiger partial charge in [-0.25, -0.2) is 8.78 Å². The predicted molar refractivity (Wildman–Crippen MR) is 106 cm³/mol. The van der Waals surface area contributed by atoms with E-state index < -0.39 is 48.3 Å². The minimum Gasteiger partial charge on any atom is -0.373 e. The maximum Gasteiger partial charge on any atom is 0.426 e. The number of aliphatic hydroxyl groups is 1. The van der Waals surface area contributed by atoms with Crippen LogP contribution in [0.1, 0.15) is 30.0 Å². The average molecular weight is 456 g/mol. The molecule has 1 aliphatic carbocycles. The number of carbonyl (C=O) groups is 2. The first-order valence-corrected chi connectivity index (χ1v) is 9.82. The third kappa shape index (κ3) is 5.24. The molecule has 2 aromatic carbocycles. The van der Waals surface area contributed by atoms with E-state index in [-0.39, 0.29) is 12.5 Å². The second-order valence-corrected chi connectivity index (χ2v) is 7.89. The Hall–Kier alpha value is -3.01. The number of anilines is 1. The molecular weight excluding hydrogens is 435 g/mol. The fourth-order valence-electron chi connectivity index (χ4n) is 3.57. The molecule has 0 saturated carbocycles. The Morgan fingerprint density at radius 2 is 1.66 bits per heavy atom. The summed E-state index contributed by atoms with van der Waals surface area (Å²) in [6.45, 7) is -1.34. The zero-order valence-corrected chi connectivity index (χ0v) is 17.1. The zero-order chi connectivity index (χ0) is 23.7. The predicted octanol–water partition coefficient (Wildman–Crippen LogP) is 3.73. The van der Waals surface area contributed by atoms with Crippen LogP contribution in [0.5, 0.6) is 0 Å². The Morgan fingerprint density at radius 1 is 1.03 bits per heavy atom. The van der Waals surface area contributed by atoms with E-state index >= 15 is 0 Å². The van der Waals surface area contributed by atoms with Crippen LogP contribution < -0.4 is 5.32 Å². The van der Waals surface area contributed by atoms with Crippen LogP contribution in [0.15, 0.2) is 36.4 Å². The Morgan fingerprint density at radius 3 is 2.28 bits per heavy atom. The van der Waals surface area contributed by atoms with Gasteiger partial charge in [0.2, 0.25) is 11.5 Å². The molecule has 0 fully saturated rings. The molecule has 0 bridgehead atoms. The monoisotopic (exact) mass is 456 g/mol. The van der Waals surface area contributed by atoms with Crippen molar-refractivity contribution < 1.29 is 36.6 Å². The Bertz CT molecular complexity index is 1020. The number of rotatable bonds is 6. The standard InChI is InChI=1S/C22H21F5N2O3/c1-21(32,22(25,26)27)20(31)29(11-13-7-16(23)10-17(24)8-13)12-19(30)28-18-6-5-14-3-2-4-15(14)9-18/h5-10,32H,2-4,11-12H2,1H3,(H,28,30)/t21-/m1/s1. The van der Waals surface area contributed by atoms with Gasteiger partial charge in [0.25, 0.3) is 5.91 Å². The summed E-state index contributed by atoms with van der Waals surface area (Å²) in [5, 5.41) is 12.3. The van der Waals surface area contributed by atoms with Gasteiger partial charge in [0.05, 0.1) is 0 Å². The molecule has 1 aliphatic rings. The molecule has 2 N–H and O–H groups in total. The summed E-state index contributed by atoms with van der Waals surface area (Å²) in [5.74, 6) is -4.65. The highest BCUT2D eigenvalue weighted by atomic mass is 19.4. The van der Waals surface area contributed by atoms with Gasteiger partial charge >= 0.3 is 6.18 Å². The van der Waals surface area contributed by atoms with Crippen molar-refractivity contribution in [3.05, 3.63) is 64.7 Å². The number of hydrogen-bond acceptors (Lipinski definition) is 3. The molecule has 2 aromatic rings. The van der Waals surface area contributed by atoms with Gasteiger partial charge in [0, 0.05) is 18.3 Å². The van der Waals surface area contributed by atoms with Crippen molar-refractivity contribution in [3.8, 4) is 0 Å². The van der Waals surface area contributed by atoms with E-state index in [0.717, 1.165) is 42.5 Å². The summed E-state index contributed by atoms with van der Waals surface area (Å²) in [5.41, 5.74) is -1.38. The smallest absolute Gasteiger partial charge is 0.373 e. The molecule has 0 heterocycles. The number of hydrogen-bond donors (Lipinski definition) is 2. The van der Waals surface area contributed by atoms with E-state index in [0.29, 0.717) is 16.7 Å². The van der Waals surface area contributed by atoms with Crippen molar-refractivity contribution >= 4 is 17.5 Å². The highest BCUT2D eigenvalue weighted by molar-refractivity contribution is 5.96. The average Bonchev–Trinajstić information content (AvgIpc) is 3.13. The number of benzene rings is 2. The molecule has 2 amide bonds. The first-order chi connectivity index (χ1) is 14.9. The number of amides is 2.